The highest BCUT2D eigenvalue weighted by molar-refractivity contribution is 6.34. The number of anilines is 2. The number of nitro groups is 1. The summed E-state index contributed by atoms with van der Waals surface area (Å²) in [5.41, 5.74) is 1.19. The van der Waals surface area contributed by atoms with E-state index in [2.05, 4.69) is 5.32 Å². The molecule has 170 valence electrons. The average Bonchev–Trinajstić information content (AvgIpc) is 3.08. The van der Waals surface area contributed by atoms with E-state index in [9.17, 15) is 29.3 Å². The van der Waals surface area contributed by atoms with Crippen molar-refractivity contribution in [3.8, 4) is 0 Å². The zero-order valence-corrected chi connectivity index (χ0v) is 17.8. The topological polar surface area (TPSA) is 136 Å². The molecule has 0 saturated carbocycles. The molecular formula is C24H17N3O7. The van der Waals surface area contributed by atoms with Crippen LogP contribution >= 0.6 is 0 Å². The SMILES string of the molecule is CCOC(=O)c1ccc(N2C(=O)c3ccc(NC(=O)c4ccc([N+](=O)[O-])cc4)cc3C2=O)cc1. The van der Waals surface area contributed by atoms with Crippen molar-refractivity contribution in [2.45, 2.75) is 6.92 Å². The first-order valence-electron chi connectivity index (χ1n) is 10.2. The predicted octanol–water partition coefficient (Wildman–Crippen LogP) is 3.82. The van der Waals surface area contributed by atoms with Gasteiger partial charge in [0.15, 0.2) is 0 Å². The van der Waals surface area contributed by atoms with E-state index in [0.29, 0.717) is 5.56 Å². The average molecular weight is 459 g/mol. The third-order valence-electron chi connectivity index (χ3n) is 5.12. The van der Waals surface area contributed by atoms with Gasteiger partial charge in [0, 0.05) is 23.4 Å². The monoisotopic (exact) mass is 459 g/mol. The summed E-state index contributed by atoms with van der Waals surface area (Å²) in [5.74, 6) is -2.14. The lowest BCUT2D eigenvalue weighted by Gasteiger charge is -2.14. The van der Waals surface area contributed by atoms with Gasteiger partial charge in [0.25, 0.3) is 23.4 Å². The van der Waals surface area contributed by atoms with E-state index in [-0.39, 0.29) is 40.4 Å². The molecule has 3 amide bonds. The minimum absolute atomic E-state index is 0.112. The number of carbonyl (C=O) groups is 4. The van der Waals surface area contributed by atoms with Gasteiger partial charge in [0.05, 0.1) is 33.9 Å². The number of fused-ring (bicyclic) bond motifs is 1. The van der Waals surface area contributed by atoms with Gasteiger partial charge in [-0.1, -0.05) is 0 Å². The molecule has 0 unspecified atom stereocenters. The van der Waals surface area contributed by atoms with Gasteiger partial charge in [-0.2, -0.15) is 0 Å². The Morgan fingerprint density at radius 2 is 1.53 bits per heavy atom. The number of non-ortho nitro benzene ring substituents is 1. The molecule has 34 heavy (non-hydrogen) atoms. The molecule has 4 rings (SSSR count). The third kappa shape index (κ3) is 4.11. The molecule has 10 heteroatoms. The number of amides is 3. The van der Waals surface area contributed by atoms with Crippen LogP contribution in [-0.4, -0.2) is 35.2 Å². The Labute approximate surface area is 192 Å². The van der Waals surface area contributed by atoms with E-state index >= 15 is 0 Å². The normalized spacial score (nSPS) is 12.3. The number of rotatable bonds is 6. The van der Waals surface area contributed by atoms with Crippen LogP contribution in [0.15, 0.2) is 66.7 Å². The number of benzene rings is 3. The number of imide groups is 1. The van der Waals surface area contributed by atoms with E-state index in [4.69, 9.17) is 4.74 Å². The maximum Gasteiger partial charge on any atom is 0.338 e. The van der Waals surface area contributed by atoms with E-state index in [1.54, 1.807) is 6.92 Å². The molecule has 0 atom stereocenters. The van der Waals surface area contributed by atoms with Gasteiger partial charge in [-0.05, 0) is 61.5 Å². The lowest BCUT2D eigenvalue weighted by Crippen LogP contribution is -2.29. The van der Waals surface area contributed by atoms with Gasteiger partial charge < -0.3 is 10.1 Å². The highest BCUT2D eigenvalue weighted by atomic mass is 16.6. The van der Waals surface area contributed by atoms with Crippen LogP contribution in [-0.2, 0) is 4.74 Å². The van der Waals surface area contributed by atoms with Crippen LogP contribution in [0.5, 0.6) is 0 Å². The van der Waals surface area contributed by atoms with Crippen molar-refractivity contribution >= 4 is 40.8 Å². The highest BCUT2D eigenvalue weighted by Crippen LogP contribution is 2.30. The van der Waals surface area contributed by atoms with E-state index in [1.807, 2.05) is 0 Å². The molecule has 0 spiro atoms. The summed E-state index contributed by atoms with van der Waals surface area (Å²) in [6.45, 7) is 1.91. The van der Waals surface area contributed by atoms with Crippen molar-refractivity contribution in [1.29, 1.82) is 0 Å². The van der Waals surface area contributed by atoms with Crippen LogP contribution in [0, 0.1) is 10.1 Å². The van der Waals surface area contributed by atoms with Crippen LogP contribution in [0.1, 0.15) is 48.4 Å². The maximum absolute atomic E-state index is 13.0. The molecule has 0 radical (unpaired) electrons. The minimum Gasteiger partial charge on any atom is -0.462 e. The Bertz CT molecular complexity index is 1330. The highest BCUT2D eigenvalue weighted by Gasteiger charge is 2.37. The van der Waals surface area contributed by atoms with Gasteiger partial charge >= 0.3 is 5.97 Å². The Morgan fingerprint density at radius 1 is 0.912 bits per heavy atom. The van der Waals surface area contributed by atoms with Crippen LogP contribution in [0.4, 0.5) is 17.1 Å². The van der Waals surface area contributed by atoms with Crippen molar-refractivity contribution in [3.63, 3.8) is 0 Å². The van der Waals surface area contributed by atoms with Crippen molar-refractivity contribution < 1.29 is 28.8 Å². The van der Waals surface area contributed by atoms with Gasteiger partial charge in [0.2, 0.25) is 0 Å². The molecular weight excluding hydrogens is 442 g/mol. The zero-order valence-electron chi connectivity index (χ0n) is 17.8. The largest absolute Gasteiger partial charge is 0.462 e. The van der Waals surface area contributed by atoms with Crippen LogP contribution in [0.2, 0.25) is 0 Å². The van der Waals surface area contributed by atoms with Crippen molar-refractivity contribution in [2.75, 3.05) is 16.8 Å². The first-order valence-corrected chi connectivity index (χ1v) is 10.2. The first-order chi connectivity index (χ1) is 16.3. The fourth-order valence-electron chi connectivity index (χ4n) is 3.45. The zero-order chi connectivity index (χ0) is 24.4. The molecule has 3 aromatic rings. The number of hydrogen-bond acceptors (Lipinski definition) is 7. The molecule has 0 fully saturated rings. The second kappa shape index (κ2) is 8.94. The molecule has 0 aromatic heterocycles. The first kappa shape index (κ1) is 22.3. The molecule has 1 aliphatic rings. The molecule has 0 saturated heterocycles. The Balaban J connectivity index is 1.53. The molecule has 1 heterocycles. The summed E-state index contributed by atoms with van der Waals surface area (Å²) in [6.07, 6.45) is 0. The number of nitro benzene ring substituents is 1. The smallest absolute Gasteiger partial charge is 0.338 e. The summed E-state index contributed by atoms with van der Waals surface area (Å²) in [5, 5.41) is 13.4. The van der Waals surface area contributed by atoms with E-state index in [0.717, 1.165) is 4.90 Å². The number of hydrogen-bond donors (Lipinski definition) is 1. The molecule has 0 aliphatic carbocycles. The lowest BCUT2D eigenvalue weighted by molar-refractivity contribution is -0.384. The minimum atomic E-state index is -0.574. The van der Waals surface area contributed by atoms with E-state index in [1.165, 1.54) is 66.7 Å². The molecule has 0 bridgehead atoms. The van der Waals surface area contributed by atoms with Crippen molar-refractivity contribution in [1.82, 2.24) is 0 Å². The number of esters is 1. The number of carbonyl (C=O) groups excluding carboxylic acids is 4. The fraction of sp³-hybridized carbons (Fsp3) is 0.0833. The Morgan fingerprint density at radius 3 is 2.15 bits per heavy atom. The van der Waals surface area contributed by atoms with Gasteiger partial charge in [-0.15, -0.1) is 0 Å². The van der Waals surface area contributed by atoms with Gasteiger partial charge in [0.1, 0.15) is 0 Å². The summed E-state index contributed by atoms with van der Waals surface area (Å²) in [7, 11) is 0. The Hall–Kier alpha value is -4.86. The molecule has 1 aliphatic heterocycles. The van der Waals surface area contributed by atoms with Gasteiger partial charge in [-0.3, -0.25) is 24.5 Å². The summed E-state index contributed by atoms with van der Waals surface area (Å²) >= 11 is 0. The predicted molar refractivity (Wildman–Crippen MR) is 121 cm³/mol. The summed E-state index contributed by atoms with van der Waals surface area (Å²) in [6, 6.07) is 15.3. The maximum atomic E-state index is 13.0. The summed E-state index contributed by atoms with van der Waals surface area (Å²) in [4.78, 5) is 61.3. The third-order valence-corrected chi connectivity index (χ3v) is 5.12. The summed E-state index contributed by atoms with van der Waals surface area (Å²) < 4.78 is 4.93. The number of nitrogens with one attached hydrogen (secondary N) is 1. The second-order valence-electron chi connectivity index (χ2n) is 7.23. The van der Waals surface area contributed by atoms with Crippen molar-refractivity contribution in [3.05, 3.63) is 99.1 Å². The molecule has 1 N–H and O–H groups in total. The van der Waals surface area contributed by atoms with Gasteiger partial charge in [-0.25, -0.2) is 9.69 Å². The molecule has 3 aromatic carbocycles. The lowest BCUT2D eigenvalue weighted by atomic mass is 10.1. The van der Waals surface area contributed by atoms with Crippen LogP contribution in [0.25, 0.3) is 0 Å². The number of ether oxygens (including phenoxy) is 1. The van der Waals surface area contributed by atoms with Crippen LogP contribution in [0.3, 0.4) is 0 Å². The second-order valence-corrected chi connectivity index (χ2v) is 7.23. The fourth-order valence-corrected chi connectivity index (χ4v) is 3.45. The quantitative estimate of drug-likeness (QED) is 0.256. The van der Waals surface area contributed by atoms with Crippen molar-refractivity contribution in [2.24, 2.45) is 0 Å². The van der Waals surface area contributed by atoms with Crippen LogP contribution < -0.4 is 10.2 Å². The Kier molecular flexibility index (Phi) is 5.88. The standard InChI is InChI=1S/C24H17N3O7/c1-2-34-24(31)15-5-8-17(9-6-15)26-22(29)19-12-7-16(13-20(19)23(26)30)25-21(28)14-3-10-18(11-4-14)27(32)33/h3-13H,2H2,1H3,(H,25,28). The molecule has 10 nitrogen and oxygen atoms in total. The number of nitrogens with zero attached hydrogens (tertiary/aromatic N) is 2. The van der Waals surface area contributed by atoms with E-state index < -0.39 is 28.6 Å².